The summed E-state index contributed by atoms with van der Waals surface area (Å²) in [6.07, 6.45) is 1.74. The second-order valence-corrected chi connectivity index (χ2v) is 4.66. The summed E-state index contributed by atoms with van der Waals surface area (Å²) < 4.78 is 16.1. The maximum atomic E-state index is 5.38. The minimum Gasteiger partial charge on any atom is -0.493 e. The Morgan fingerprint density at radius 1 is 0.818 bits per heavy atom. The minimum atomic E-state index is 0.558. The van der Waals surface area contributed by atoms with E-state index in [-0.39, 0.29) is 0 Å². The number of fused-ring (bicyclic) bond motifs is 1. The fourth-order valence-electron chi connectivity index (χ4n) is 2.33. The van der Waals surface area contributed by atoms with Crippen LogP contribution in [0.15, 0.2) is 42.6 Å². The van der Waals surface area contributed by atoms with Gasteiger partial charge >= 0.3 is 0 Å². The minimum absolute atomic E-state index is 0.558. The van der Waals surface area contributed by atoms with Gasteiger partial charge in [0.2, 0.25) is 5.75 Å². The topological polar surface area (TPSA) is 53.5 Å². The normalized spacial score (nSPS) is 10.5. The van der Waals surface area contributed by atoms with E-state index in [2.05, 4.69) is 9.97 Å². The van der Waals surface area contributed by atoms with Gasteiger partial charge in [0.15, 0.2) is 11.5 Å². The van der Waals surface area contributed by atoms with Crippen LogP contribution in [0.2, 0.25) is 0 Å². The van der Waals surface area contributed by atoms with Gasteiger partial charge in [-0.1, -0.05) is 12.1 Å². The second kappa shape index (κ2) is 5.89. The van der Waals surface area contributed by atoms with E-state index < -0.39 is 0 Å². The van der Waals surface area contributed by atoms with Crippen LogP contribution in [0.4, 0.5) is 0 Å². The lowest BCUT2D eigenvalue weighted by atomic mass is 10.1. The number of nitrogens with zero attached hydrogens (tertiary/aromatic N) is 2. The number of hydrogen-bond acceptors (Lipinski definition) is 5. The van der Waals surface area contributed by atoms with Gasteiger partial charge in [-0.3, -0.25) is 4.98 Å². The summed E-state index contributed by atoms with van der Waals surface area (Å²) in [6, 6.07) is 11.5. The Labute approximate surface area is 128 Å². The summed E-state index contributed by atoms with van der Waals surface area (Å²) in [4.78, 5) is 9.07. The lowest BCUT2D eigenvalue weighted by molar-refractivity contribution is 0.324. The monoisotopic (exact) mass is 296 g/mol. The van der Waals surface area contributed by atoms with Crippen molar-refractivity contribution >= 4 is 11.0 Å². The van der Waals surface area contributed by atoms with Gasteiger partial charge in [0.1, 0.15) is 0 Å². The van der Waals surface area contributed by atoms with E-state index in [1.165, 1.54) is 0 Å². The van der Waals surface area contributed by atoms with Crippen molar-refractivity contribution in [2.24, 2.45) is 0 Å². The van der Waals surface area contributed by atoms with Crippen LogP contribution in [0.5, 0.6) is 17.2 Å². The molecule has 0 aliphatic rings. The highest BCUT2D eigenvalue weighted by Crippen LogP contribution is 2.40. The summed E-state index contributed by atoms with van der Waals surface area (Å²) in [5.41, 5.74) is 3.30. The molecule has 0 aliphatic heterocycles. The fourth-order valence-corrected chi connectivity index (χ4v) is 2.33. The zero-order chi connectivity index (χ0) is 15.5. The van der Waals surface area contributed by atoms with Crippen LogP contribution in [0, 0.1) is 0 Å². The molecule has 112 valence electrons. The molecule has 0 saturated carbocycles. The van der Waals surface area contributed by atoms with Gasteiger partial charge < -0.3 is 14.2 Å². The van der Waals surface area contributed by atoms with Gasteiger partial charge in [-0.2, -0.15) is 0 Å². The van der Waals surface area contributed by atoms with Crippen LogP contribution < -0.4 is 14.2 Å². The maximum Gasteiger partial charge on any atom is 0.203 e. The Hall–Kier alpha value is -2.82. The van der Waals surface area contributed by atoms with Gasteiger partial charge in [0.05, 0.1) is 44.3 Å². The summed E-state index contributed by atoms with van der Waals surface area (Å²) in [5.74, 6) is 1.74. The van der Waals surface area contributed by atoms with Crippen LogP contribution in [0.25, 0.3) is 22.3 Å². The predicted octanol–water partition coefficient (Wildman–Crippen LogP) is 3.32. The van der Waals surface area contributed by atoms with E-state index in [9.17, 15) is 0 Å². The van der Waals surface area contributed by atoms with Gasteiger partial charge in [0.25, 0.3) is 0 Å². The smallest absolute Gasteiger partial charge is 0.203 e. The maximum absolute atomic E-state index is 5.38. The average Bonchev–Trinajstić information content (AvgIpc) is 2.59. The summed E-state index contributed by atoms with van der Waals surface area (Å²) in [5, 5.41) is 0. The molecular formula is C17H16N2O3. The van der Waals surface area contributed by atoms with Crippen molar-refractivity contribution in [2.75, 3.05) is 21.3 Å². The molecule has 0 atom stereocenters. The van der Waals surface area contributed by atoms with E-state index in [4.69, 9.17) is 14.2 Å². The van der Waals surface area contributed by atoms with E-state index >= 15 is 0 Å². The van der Waals surface area contributed by atoms with Crippen molar-refractivity contribution in [1.82, 2.24) is 9.97 Å². The molecule has 0 amide bonds. The van der Waals surface area contributed by atoms with Crippen molar-refractivity contribution < 1.29 is 14.2 Å². The highest BCUT2D eigenvalue weighted by molar-refractivity contribution is 5.78. The third-order valence-corrected chi connectivity index (χ3v) is 3.41. The zero-order valence-electron chi connectivity index (χ0n) is 12.7. The van der Waals surface area contributed by atoms with Gasteiger partial charge in [-0.25, -0.2) is 4.98 Å². The number of rotatable bonds is 4. The first-order chi connectivity index (χ1) is 10.8. The number of methoxy groups -OCH3 is 3. The van der Waals surface area contributed by atoms with E-state index in [1.54, 1.807) is 27.5 Å². The van der Waals surface area contributed by atoms with E-state index in [0.717, 1.165) is 22.3 Å². The van der Waals surface area contributed by atoms with E-state index in [0.29, 0.717) is 17.2 Å². The summed E-state index contributed by atoms with van der Waals surface area (Å²) in [7, 11) is 4.76. The van der Waals surface area contributed by atoms with Gasteiger partial charge in [-0.05, 0) is 24.3 Å². The predicted molar refractivity (Wildman–Crippen MR) is 84.6 cm³/mol. The molecule has 22 heavy (non-hydrogen) atoms. The molecule has 0 saturated heterocycles. The molecule has 3 aromatic rings. The third-order valence-electron chi connectivity index (χ3n) is 3.41. The molecule has 0 spiro atoms. The second-order valence-electron chi connectivity index (χ2n) is 4.66. The molecule has 1 heterocycles. The first-order valence-electron chi connectivity index (χ1n) is 6.79. The van der Waals surface area contributed by atoms with Crippen LogP contribution in [0.1, 0.15) is 0 Å². The zero-order valence-corrected chi connectivity index (χ0v) is 12.7. The SMILES string of the molecule is COc1cc(-c2cnc3ccccc3n2)cc(OC)c1OC. The Morgan fingerprint density at radius 3 is 2.05 bits per heavy atom. The molecule has 5 nitrogen and oxygen atoms in total. The fraction of sp³-hybridized carbons (Fsp3) is 0.176. The average molecular weight is 296 g/mol. The molecule has 0 unspecified atom stereocenters. The molecule has 0 N–H and O–H groups in total. The lowest BCUT2D eigenvalue weighted by Gasteiger charge is -2.14. The third kappa shape index (κ3) is 2.41. The van der Waals surface area contributed by atoms with Crippen molar-refractivity contribution in [3.05, 3.63) is 42.6 Å². The molecule has 2 aromatic carbocycles. The largest absolute Gasteiger partial charge is 0.493 e. The molecule has 5 heteroatoms. The molecule has 0 aliphatic carbocycles. The van der Waals surface area contributed by atoms with Crippen molar-refractivity contribution in [1.29, 1.82) is 0 Å². The first kappa shape index (κ1) is 14.1. The van der Waals surface area contributed by atoms with Crippen LogP contribution in [-0.4, -0.2) is 31.3 Å². The molecule has 3 rings (SSSR count). The number of para-hydroxylation sites is 2. The van der Waals surface area contributed by atoms with Gasteiger partial charge in [0, 0.05) is 5.56 Å². The Kier molecular flexibility index (Phi) is 3.78. The summed E-state index contributed by atoms with van der Waals surface area (Å²) >= 11 is 0. The summed E-state index contributed by atoms with van der Waals surface area (Å²) in [6.45, 7) is 0. The number of aromatic nitrogens is 2. The molecule has 1 aromatic heterocycles. The highest BCUT2D eigenvalue weighted by atomic mass is 16.5. The van der Waals surface area contributed by atoms with Crippen LogP contribution in [-0.2, 0) is 0 Å². The Balaban J connectivity index is 2.17. The number of ether oxygens (including phenoxy) is 3. The standard InChI is InChI=1S/C17H16N2O3/c1-20-15-8-11(9-16(21-2)17(15)22-3)14-10-18-12-6-4-5-7-13(12)19-14/h4-10H,1-3H3. The van der Waals surface area contributed by atoms with Crippen molar-refractivity contribution in [3.63, 3.8) is 0 Å². The quantitative estimate of drug-likeness (QED) is 0.739. The molecule has 0 fully saturated rings. The molecule has 0 radical (unpaired) electrons. The van der Waals surface area contributed by atoms with E-state index in [1.807, 2.05) is 36.4 Å². The molecule has 0 bridgehead atoms. The number of hydrogen-bond donors (Lipinski definition) is 0. The van der Waals surface area contributed by atoms with Gasteiger partial charge in [-0.15, -0.1) is 0 Å². The van der Waals surface area contributed by atoms with Crippen molar-refractivity contribution in [3.8, 4) is 28.5 Å². The Bertz CT molecular complexity index is 793. The lowest BCUT2D eigenvalue weighted by Crippen LogP contribution is -1.96. The highest BCUT2D eigenvalue weighted by Gasteiger charge is 2.15. The van der Waals surface area contributed by atoms with Crippen LogP contribution in [0.3, 0.4) is 0 Å². The number of benzene rings is 2. The van der Waals surface area contributed by atoms with Crippen molar-refractivity contribution in [2.45, 2.75) is 0 Å². The Morgan fingerprint density at radius 2 is 1.45 bits per heavy atom. The molecular weight excluding hydrogens is 280 g/mol. The first-order valence-corrected chi connectivity index (χ1v) is 6.79. The van der Waals surface area contributed by atoms with Crippen LogP contribution >= 0.6 is 0 Å².